The van der Waals surface area contributed by atoms with E-state index in [1.54, 1.807) is 11.0 Å². The van der Waals surface area contributed by atoms with E-state index >= 15 is 0 Å². The van der Waals surface area contributed by atoms with E-state index in [-0.39, 0.29) is 5.91 Å². The number of halogens is 2. The molecule has 30 heavy (non-hydrogen) atoms. The van der Waals surface area contributed by atoms with Crippen LogP contribution < -0.4 is 0 Å². The number of carbonyl (C=O) groups excluding carboxylic acids is 1. The monoisotopic (exact) mass is 429 g/mol. The summed E-state index contributed by atoms with van der Waals surface area (Å²) >= 11 is 6.21. The lowest BCUT2D eigenvalue weighted by atomic mass is 10.1. The fraction of sp³-hybridized carbons (Fsp3) is 0.417. The highest BCUT2D eigenvalue weighted by atomic mass is 35.5. The molecule has 3 rings (SSSR count). The summed E-state index contributed by atoms with van der Waals surface area (Å²) in [5.41, 5.74) is 3.02. The molecule has 0 radical (unpaired) electrons. The van der Waals surface area contributed by atoms with Crippen LogP contribution in [0.15, 0.2) is 36.4 Å². The summed E-state index contributed by atoms with van der Waals surface area (Å²) in [5, 5.41) is 0.664. The number of aryl methyl sites for hydroxylation is 2. The second-order valence-electron chi connectivity index (χ2n) is 7.71. The van der Waals surface area contributed by atoms with Gasteiger partial charge in [0.2, 0.25) is 0 Å². The van der Waals surface area contributed by atoms with Crippen LogP contribution in [0.4, 0.5) is 4.39 Å². The second-order valence-corrected chi connectivity index (χ2v) is 8.14. The van der Waals surface area contributed by atoms with Gasteiger partial charge in [0.15, 0.2) is 0 Å². The molecule has 0 saturated heterocycles. The number of aromatic nitrogens is 2. The standard InChI is InChI=1S/C24H29ClFN3O/c1-4-6-7-13-28(24(30)20-15-19(26)10-8-17(20)3)16-23-27-21-11-9-18(25)14-22(21)29(23)12-5-2/h8-11,14-15H,4-7,12-13,16H2,1-3H3. The number of carbonyl (C=O) groups is 1. The molecule has 0 spiro atoms. The lowest BCUT2D eigenvalue weighted by Gasteiger charge is -2.24. The largest absolute Gasteiger partial charge is 0.331 e. The highest BCUT2D eigenvalue weighted by molar-refractivity contribution is 6.31. The van der Waals surface area contributed by atoms with E-state index in [0.29, 0.717) is 23.7 Å². The topological polar surface area (TPSA) is 38.1 Å². The summed E-state index contributed by atoms with van der Waals surface area (Å²) in [6.45, 7) is 7.87. The lowest BCUT2D eigenvalue weighted by Crippen LogP contribution is -2.33. The fourth-order valence-electron chi connectivity index (χ4n) is 3.71. The number of benzene rings is 2. The van der Waals surface area contributed by atoms with Crippen molar-refractivity contribution in [3.63, 3.8) is 0 Å². The molecule has 0 bridgehead atoms. The van der Waals surface area contributed by atoms with Crippen LogP contribution in [0.3, 0.4) is 0 Å². The summed E-state index contributed by atoms with van der Waals surface area (Å²) < 4.78 is 16.0. The zero-order valence-electron chi connectivity index (χ0n) is 17.9. The molecule has 3 aromatic rings. The molecular weight excluding hydrogens is 401 g/mol. The molecule has 0 N–H and O–H groups in total. The Labute approximate surface area is 182 Å². The zero-order valence-corrected chi connectivity index (χ0v) is 18.7. The first-order chi connectivity index (χ1) is 14.4. The normalized spacial score (nSPS) is 11.2. The van der Waals surface area contributed by atoms with Gasteiger partial charge in [0, 0.05) is 23.7 Å². The average molecular weight is 430 g/mol. The third-order valence-corrected chi connectivity index (χ3v) is 5.55. The maximum atomic E-state index is 13.8. The van der Waals surface area contributed by atoms with Gasteiger partial charge in [-0.1, -0.05) is 44.4 Å². The predicted octanol–water partition coefficient (Wildman–Crippen LogP) is 6.38. The predicted molar refractivity (Wildman–Crippen MR) is 120 cm³/mol. The van der Waals surface area contributed by atoms with Gasteiger partial charge in [0.1, 0.15) is 11.6 Å². The van der Waals surface area contributed by atoms with E-state index < -0.39 is 5.82 Å². The summed E-state index contributed by atoms with van der Waals surface area (Å²) in [6.07, 6.45) is 3.94. The summed E-state index contributed by atoms with van der Waals surface area (Å²) in [7, 11) is 0. The average Bonchev–Trinajstić information content (AvgIpc) is 3.05. The lowest BCUT2D eigenvalue weighted by molar-refractivity contribution is 0.0732. The Balaban J connectivity index is 1.98. The molecule has 1 heterocycles. The number of hydrogen-bond donors (Lipinski definition) is 0. The number of amides is 1. The minimum atomic E-state index is -0.398. The number of fused-ring (bicyclic) bond motifs is 1. The van der Waals surface area contributed by atoms with Gasteiger partial charge in [-0.2, -0.15) is 0 Å². The van der Waals surface area contributed by atoms with Gasteiger partial charge in [-0.15, -0.1) is 0 Å². The first kappa shape index (κ1) is 22.3. The van der Waals surface area contributed by atoms with E-state index in [1.807, 2.05) is 25.1 Å². The zero-order chi connectivity index (χ0) is 21.7. The van der Waals surface area contributed by atoms with Gasteiger partial charge in [-0.3, -0.25) is 4.79 Å². The van der Waals surface area contributed by atoms with E-state index in [9.17, 15) is 9.18 Å². The molecule has 0 aliphatic rings. The smallest absolute Gasteiger partial charge is 0.254 e. The van der Waals surface area contributed by atoms with E-state index in [0.717, 1.165) is 54.6 Å². The van der Waals surface area contributed by atoms with Crippen molar-refractivity contribution in [2.75, 3.05) is 6.54 Å². The van der Waals surface area contributed by atoms with Crippen LogP contribution >= 0.6 is 11.6 Å². The summed E-state index contributed by atoms with van der Waals surface area (Å²) in [5.74, 6) is 0.273. The maximum absolute atomic E-state index is 13.8. The Kier molecular flexibility index (Phi) is 7.48. The van der Waals surface area contributed by atoms with Crippen LogP contribution in [0.1, 0.15) is 61.3 Å². The molecule has 1 aromatic heterocycles. The van der Waals surface area contributed by atoms with Gasteiger partial charge in [-0.25, -0.2) is 9.37 Å². The number of nitrogens with zero attached hydrogens (tertiary/aromatic N) is 3. The Bertz CT molecular complexity index is 1030. The molecule has 6 heteroatoms. The molecule has 4 nitrogen and oxygen atoms in total. The van der Waals surface area contributed by atoms with Crippen molar-refractivity contribution in [1.29, 1.82) is 0 Å². The second kappa shape index (κ2) is 10.1. The molecule has 0 aliphatic heterocycles. The Hall–Kier alpha value is -2.40. The summed E-state index contributed by atoms with van der Waals surface area (Å²) in [4.78, 5) is 19.9. The first-order valence-corrected chi connectivity index (χ1v) is 11.0. The first-order valence-electron chi connectivity index (χ1n) is 10.6. The Morgan fingerprint density at radius 2 is 1.93 bits per heavy atom. The number of imidazole rings is 1. The number of rotatable bonds is 9. The third kappa shape index (κ3) is 5.01. The summed E-state index contributed by atoms with van der Waals surface area (Å²) in [6, 6.07) is 10.0. The van der Waals surface area contributed by atoms with Gasteiger partial charge in [0.05, 0.1) is 17.6 Å². The SMILES string of the molecule is CCCCCN(Cc1nc2ccc(Cl)cc2n1CCC)C(=O)c1cc(F)ccc1C. The van der Waals surface area contributed by atoms with Crippen molar-refractivity contribution in [1.82, 2.24) is 14.5 Å². The molecule has 1 amide bonds. The van der Waals surface area contributed by atoms with Gasteiger partial charge in [-0.05, 0) is 55.7 Å². The molecule has 0 atom stereocenters. The van der Waals surface area contributed by atoms with Crippen LogP contribution in [0.5, 0.6) is 0 Å². The van der Waals surface area contributed by atoms with E-state index in [1.165, 1.54) is 12.1 Å². The van der Waals surface area contributed by atoms with Crippen molar-refractivity contribution >= 4 is 28.5 Å². The fourth-order valence-corrected chi connectivity index (χ4v) is 3.88. The van der Waals surface area contributed by atoms with E-state index in [4.69, 9.17) is 16.6 Å². The Morgan fingerprint density at radius 3 is 2.67 bits per heavy atom. The van der Waals surface area contributed by atoms with Crippen LogP contribution in [0.2, 0.25) is 5.02 Å². The number of hydrogen-bond acceptors (Lipinski definition) is 2. The van der Waals surface area contributed by atoms with Crippen molar-refractivity contribution in [2.24, 2.45) is 0 Å². The molecule has 160 valence electrons. The van der Waals surface area contributed by atoms with Crippen LogP contribution in [-0.4, -0.2) is 26.9 Å². The van der Waals surface area contributed by atoms with Crippen molar-refractivity contribution < 1.29 is 9.18 Å². The van der Waals surface area contributed by atoms with Gasteiger partial charge < -0.3 is 9.47 Å². The Morgan fingerprint density at radius 1 is 1.13 bits per heavy atom. The minimum absolute atomic E-state index is 0.156. The quantitative estimate of drug-likeness (QED) is 0.370. The molecule has 0 aliphatic carbocycles. The highest BCUT2D eigenvalue weighted by Crippen LogP contribution is 2.23. The molecule has 0 saturated carbocycles. The van der Waals surface area contributed by atoms with Gasteiger partial charge >= 0.3 is 0 Å². The van der Waals surface area contributed by atoms with Crippen molar-refractivity contribution in [2.45, 2.75) is 59.5 Å². The maximum Gasteiger partial charge on any atom is 0.254 e. The number of unbranched alkanes of at least 4 members (excludes halogenated alkanes) is 2. The van der Waals surface area contributed by atoms with Crippen molar-refractivity contribution in [3.05, 3.63) is 64.2 Å². The highest BCUT2D eigenvalue weighted by Gasteiger charge is 2.21. The molecular formula is C24H29ClFN3O. The van der Waals surface area contributed by atoms with Crippen LogP contribution in [0, 0.1) is 12.7 Å². The van der Waals surface area contributed by atoms with Crippen LogP contribution in [-0.2, 0) is 13.1 Å². The molecule has 0 fully saturated rings. The third-order valence-electron chi connectivity index (χ3n) is 5.32. The van der Waals surface area contributed by atoms with Gasteiger partial charge in [0.25, 0.3) is 5.91 Å². The molecule has 2 aromatic carbocycles. The minimum Gasteiger partial charge on any atom is -0.331 e. The van der Waals surface area contributed by atoms with Crippen molar-refractivity contribution in [3.8, 4) is 0 Å². The van der Waals surface area contributed by atoms with Crippen LogP contribution in [0.25, 0.3) is 11.0 Å². The van der Waals surface area contributed by atoms with E-state index in [2.05, 4.69) is 18.4 Å². The molecule has 0 unspecified atom stereocenters.